The summed E-state index contributed by atoms with van der Waals surface area (Å²) in [5.41, 5.74) is 1.02. The molecule has 1 aromatic rings. The third-order valence-electron chi connectivity index (χ3n) is 4.26. The molecule has 1 aromatic carbocycles. The minimum absolute atomic E-state index is 0. The van der Waals surface area contributed by atoms with Crippen LogP contribution in [0, 0.1) is 5.92 Å². The molecule has 0 unspecified atom stereocenters. The first-order chi connectivity index (χ1) is 9.66. The molecule has 0 radical (unpaired) electrons. The highest BCUT2D eigenvalue weighted by Gasteiger charge is 2.33. The average Bonchev–Trinajstić information content (AvgIpc) is 3.27. The Labute approximate surface area is 159 Å². The fraction of sp³-hybridized carbons (Fsp3) is 0.600. The molecule has 22 heavy (non-hydrogen) atoms. The highest BCUT2D eigenvalue weighted by molar-refractivity contribution is 6.44. The van der Waals surface area contributed by atoms with E-state index in [0.717, 1.165) is 49.1 Å². The molecule has 126 valence electrons. The normalized spacial score (nSPS) is 20.0. The number of piperazine rings is 1. The second-order valence-corrected chi connectivity index (χ2v) is 6.93. The van der Waals surface area contributed by atoms with Gasteiger partial charge in [-0.05, 0) is 24.5 Å². The molecule has 1 saturated carbocycles. The van der Waals surface area contributed by atoms with Gasteiger partial charge in [-0.3, -0.25) is 4.90 Å². The lowest BCUT2D eigenvalue weighted by molar-refractivity contribution is 0.160. The molecule has 2 nitrogen and oxygen atoms in total. The van der Waals surface area contributed by atoms with Crippen LogP contribution in [0.3, 0.4) is 0 Å². The Bertz CT molecular complexity index is 487. The van der Waals surface area contributed by atoms with Crippen molar-refractivity contribution in [2.45, 2.75) is 25.3 Å². The molecule has 0 aromatic heterocycles. The largest absolute Gasteiger partial charge is 0.314 e. The van der Waals surface area contributed by atoms with Gasteiger partial charge in [-0.2, -0.15) is 0 Å². The van der Waals surface area contributed by atoms with Crippen molar-refractivity contribution in [2.75, 3.05) is 26.2 Å². The summed E-state index contributed by atoms with van der Waals surface area (Å²) < 4.78 is 0. The quantitative estimate of drug-likeness (QED) is 0.688. The van der Waals surface area contributed by atoms with Gasteiger partial charge in [0.2, 0.25) is 0 Å². The van der Waals surface area contributed by atoms with Crippen molar-refractivity contribution >= 4 is 59.6 Å². The Balaban J connectivity index is 0.00000121. The molecule has 0 amide bonds. The molecule has 1 saturated heterocycles. The fourth-order valence-corrected chi connectivity index (χ4v) is 3.75. The highest BCUT2D eigenvalue weighted by atomic mass is 35.5. The molecule has 0 bridgehead atoms. The standard InChI is InChI=1S/C15H19Cl3N2.2ClH/c16-11-3-4-12(17)15(18)14(11)13(9-10-1-2-10)20-7-5-19-6-8-20;;/h3-4,10,13,19H,1-2,5-9H2;2*1H/t13-;;/m0../s1. The number of halogens is 5. The average molecular weight is 407 g/mol. The third-order valence-corrected chi connectivity index (χ3v) is 5.41. The zero-order valence-electron chi connectivity index (χ0n) is 12.2. The van der Waals surface area contributed by atoms with Gasteiger partial charge < -0.3 is 5.32 Å². The summed E-state index contributed by atoms with van der Waals surface area (Å²) in [5.74, 6) is 0.820. The molecule has 0 spiro atoms. The fourth-order valence-electron chi connectivity index (χ4n) is 2.96. The van der Waals surface area contributed by atoms with Crippen molar-refractivity contribution in [3.8, 4) is 0 Å². The number of benzene rings is 1. The number of hydrogen-bond acceptors (Lipinski definition) is 2. The van der Waals surface area contributed by atoms with E-state index >= 15 is 0 Å². The van der Waals surface area contributed by atoms with Gasteiger partial charge in [0.1, 0.15) is 0 Å². The summed E-state index contributed by atoms with van der Waals surface area (Å²) in [5, 5.41) is 5.36. The molecule has 1 heterocycles. The van der Waals surface area contributed by atoms with Crippen LogP contribution in [0.15, 0.2) is 12.1 Å². The van der Waals surface area contributed by atoms with Crippen LogP contribution in [0.2, 0.25) is 15.1 Å². The predicted molar refractivity (Wildman–Crippen MR) is 100 cm³/mol. The Hall–Kier alpha value is 0.590. The lowest BCUT2D eigenvalue weighted by Crippen LogP contribution is -2.45. The maximum absolute atomic E-state index is 6.46. The molecule has 7 heteroatoms. The highest BCUT2D eigenvalue weighted by Crippen LogP contribution is 2.45. The van der Waals surface area contributed by atoms with E-state index in [1.807, 2.05) is 6.07 Å². The van der Waals surface area contributed by atoms with E-state index in [0.29, 0.717) is 16.1 Å². The topological polar surface area (TPSA) is 15.3 Å². The van der Waals surface area contributed by atoms with E-state index in [1.165, 1.54) is 12.8 Å². The monoisotopic (exact) mass is 404 g/mol. The van der Waals surface area contributed by atoms with Gasteiger partial charge in [0.25, 0.3) is 0 Å². The Morgan fingerprint density at radius 1 is 1.05 bits per heavy atom. The molecule has 1 aliphatic heterocycles. The number of rotatable bonds is 4. The Morgan fingerprint density at radius 2 is 1.64 bits per heavy atom. The van der Waals surface area contributed by atoms with E-state index < -0.39 is 0 Å². The zero-order valence-corrected chi connectivity index (χ0v) is 16.1. The van der Waals surface area contributed by atoms with E-state index in [-0.39, 0.29) is 24.8 Å². The van der Waals surface area contributed by atoms with Crippen LogP contribution in [0.4, 0.5) is 0 Å². The van der Waals surface area contributed by atoms with Gasteiger partial charge in [-0.25, -0.2) is 0 Å². The third kappa shape index (κ3) is 4.80. The lowest BCUT2D eigenvalue weighted by Gasteiger charge is -2.36. The van der Waals surface area contributed by atoms with Crippen molar-refractivity contribution in [1.82, 2.24) is 10.2 Å². The second kappa shape index (κ2) is 9.17. The predicted octanol–water partition coefficient (Wildman–Crippen LogP) is 5.24. The summed E-state index contributed by atoms with van der Waals surface area (Å²) in [6.07, 6.45) is 3.80. The van der Waals surface area contributed by atoms with E-state index in [1.54, 1.807) is 6.07 Å². The van der Waals surface area contributed by atoms with Crippen molar-refractivity contribution in [1.29, 1.82) is 0 Å². The van der Waals surface area contributed by atoms with Gasteiger partial charge in [0.05, 0.1) is 10.0 Å². The maximum Gasteiger partial charge on any atom is 0.0655 e. The van der Waals surface area contributed by atoms with E-state index in [4.69, 9.17) is 34.8 Å². The lowest BCUT2D eigenvalue weighted by atomic mass is 9.98. The summed E-state index contributed by atoms with van der Waals surface area (Å²) in [6, 6.07) is 3.94. The van der Waals surface area contributed by atoms with Crippen molar-refractivity contribution in [3.63, 3.8) is 0 Å². The second-order valence-electron chi connectivity index (χ2n) is 5.74. The van der Waals surface area contributed by atoms with Crippen molar-refractivity contribution < 1.29 is 0 Å². The molecule has 3 rings (SSSR count). The van der Waals surface area contributed by atoms with Gasteiger partial charge in [-0.1, -0.05) is 47.6 Å². The Kier molecular flexibility index (Phi) is 8.60. The van der Waals surface area contributed by atoms with Gasteiger partial charge in [0.15, 0.2) is 0 Å². The molecular formula is C15H21Cl5N2. The van der Waals surface area contributed by atoms with E-state index in [2.05, 4.69) is 10.2 Å². The van der Waals surface area contributed by atoms with Crippen LogP contribution in [0.5, 0.6) is 0 Å². The Morgan fingerprint density at radius 3 is 2.23 bits per heavy atom. The maximum atomic E-state index is 6.46. The summed E-state index contributed by atoms with van der Waals surface area (Å²) in [4.78, 5) is 2.50. The van der Waals surface area contributed by atoms with Crippen LogP contribution in [0.1, 0.15) is 30.9 Å². The van der Waals surface area contributed by atoms with Crippen LogP contribution in [-0.2, 0) is 0 Å². The van der Waals surface area contributed by atoms with E-state index in [9.17, 15) is 0 Å². The van der Waals surface area contributed by atoms with Crippen LogP contribution >= 0.6 is 59.6 Å². The first-order valence-corrected chi connectivity index (χ1v) is 8.38. The molecule has 2 aliphatic rings. The first kappa shape index (κ1) is 20.6. The van der Waals surface area contributed by atoms with Crippen LogP contribution in [0.25, 0.3) is 0 Å². The summed E-state index contributed by atoms with van der Waals surface area (Å²) in [6.45, 7) is 4.13. The molecule has 1 aliphatic carbocycles. The van der Waals surface area contributed by atoms with Crippen molar-refractivity contribution in [2.24, 2.45) is 5.92 Å². The number of nitrogens with one attached hydrogen (secondary N) is 1. The molecule has 2 fully saturated rings. The summed E-state index contributed by atoms with van der Waals surface area (Å²) >= 11 is 19.1. The SMILES string of the molecule is Cl.Cl.Clc1ccc(Cl)c([C@H](CC2CC2)N2CCNCC2)c1Cl. The smallest absolute Gasteiger partial charge is 0.0655 e. The molecule has 1 N–H and O–H groups in total. The van der Waals surface area contributed by atoms with Crippen molar-refractivity contribution in [3.05, 3.63) is 32.8 Å². The minimum atomic E-state index is 0. The number of nitrogens with zero attached hydrogens (tertiary/aromatic N) is 1. The minimum Gasteiger partial charge on any atom is -0.314 e. The van der Waals surface area contributed by atoms with Gasteiger partial charge >= 0.3 is 0 Å². The number of hydrogen-bond donors (Lipinski definition) is 1. The molecule has 1 atom stereocenters. The van der Waals surface area contributed by atoms with Crippen LogP contribution < -0.4 is 5.32 Å². The zero-order chi connectivity index (χ0) is 14.1. The molecular weight excluding hydrogens is 385 g/mol. The van der Waals surface area contributed by atoms with Gasteiger partial charge in [0, 0.05) is 42.8 Å². The van der Waals surface area contributed by atoms with Crippen LogP contribution in [-0.4, -0.2) is 31.1 Å². The first-order valence-electron chi connectivity index (χ1n) is 7.25. The van der Waals surface area contributed by atoms with Gasteiger partial charge in [-0.15, -0.1) is 24.8 Å². The summed E-state index contributed by atoms with van der Waals surface area (Å²) in [7, 11) is 0.